The summed E-state index contributed by atoms with van der Waals surface area (Å²) in [6.45, 7) is 7.20. The summed E-state index contributed by atoms with van der Waals surface area (Å²) in [7, 11) is 0. The minimum Gasteiger partial charge on any atom is -0.373 e. The summed E-state index contributed by atoms with van der Waals surface area (Å²) in [6, 6.07) is 16.0. The number of piperazine rings is 1. The Morgan fingerprint density at radius 2 is 1.78 bits per heavy atom. The minimum atomic E-state index is -0.170. The summed E-state index contributed by atoms with van der Waals surface area (Å²) in [4.78, 5) is 4.89. The molecule has 3 nitrogen and oxygen atoms in total. The summed E-state index contributed by atoms with van der Waals surface area (Å²) in [5, 5.41) is 0. The number of nitrogens with zero attached hydrogens (tertiary/aromatic N) is 2. The van der Waals surface area contributed by atoms with E-state index in [1.807, 2.05) is 12.1 Å². The highest BCUT2D eigenvalue weighted by Crippen LogP contribution is 2.33. The summed E-state index contributed by atoms with van der Waals surface area (Å²) < 4.78 is 19.3. The van der Waals surface area contributed by atoms with E-state index < -0.39 is 0 Å². The smallest absolute Gasteiger partial charge is 0.123 e. The van der Waals surface area contributed by atoms with Gasteiger partial charge >= 0.3 is 0 Å². The van der Waals surface area contributed by atoms with Gasteiger partial charge in [0.2, 0.25) is 0 Å². The summed E-state index contributed by atoms with van der Waals surface area (Å²) >= 11 is 0. The highest BCUT2D eigenvalue weighted by Gasteiger charge is 2.24. The molecular formula is C23H29FN2O. The monoisotopic (exact) mass is 368 g/mol. The molecule has 2 aromatic carbocycles. The van der Waals surface area contributed by atoms with Gasteiger partial charge < -0.3 is 9.64 Å². The molecule has 0 N–H and O–H groups in total. The first-order valence-corrected chi connectivity index (χ1v) is 10.1. The van der Waals surface area contributed by atoms with E-state index in [0.717, 1.165) is 57.7 Å². The van der Waals surface area contributed by atoms with Gasteiger partial charge in [-0.05, 0) is 61.6 Å². The van der Waals surface area contributed by atoms with Gasteiger partial charge in [0.05, 0.1) is 6.10 Å². The van der Waals surface area contributed by atoms with E-state index in [0.29, 0.717) is 6.04 Å². The molecule has 0 radical (unpaired) electrons. The second kappa shape index (κ2) is 8.41. The predicted molar refractivity (Wildman–Crippen MR) is 108 cm³/mol. The van der Waals surface area contributed by atoms with Crippen LogP contribution < -0.4 is 4.90 Å². The van der Waals surface area contributed by atoms with Crippen molar-refractivity contribution < 1.29 is 9.13 Å². The van der Waals surface area contributed by atoms with Gasteiger partial charge in [0, 0.05) is 44.5 Å². The van der Waals surface area contributed by atoms with Crippen molar-refractivity contribution >= 4 is 5.69 Å². The van der Waals surface area contributed by atoms with Crippen LogP contribution in [0.2, 0.25) is 0 Å². The van der Waals surface area contributed by atoms with E-state index >= 15 is 0 Å². The number of hydrogen-bond donors (Lipinski definition) is 0. The molecule has 0 spiro atoms. The Labute approximate surface area is 161 Å². The Kier molecular flexibility index (Phi) is 5.74. The minimum absolute atomic E-state index is 0.170. The summed E-state index contributed by atoms with van der Waals surface area (Å²) in [6.07, 6.45) is 3.60. The molecule has 1 heterocycles. The van der Waals surface area contributed by atoms with Gasteiger partial charge in [0.1, 0.15) is 5.82 Å². The number of hydrogen-bond acceptors (Lipinski definition) is 3. The molecular weight excluding hydrogens is 339 g/mol. The highest BCUT2D eigenvalue weighted by atomic mass is 19.1. The van der Waals surface area contributed by atoms with Crippen LogP contribution in [-0.2, 0) is 11.2 Å². The molecule has 1 fully saturated rings. The lowest BCUT2D eigenvalue weighted by Crippen LogP contribution is -2.49. The molecule has 1 saturated heterocycles. The van der Waals surface area contributed by atoms with Crippen molar-refractivity contribution in [1.82, 2.24) is 4.90 Å². The largest absolute Gasteiger partial charge is 0.373 e. The number of halogens is 1. The molecule has 2 aromatic rings. The maximum absolute atomic E-state index is 13.1. The normalized spacial score (nSPS) is 21.3. The van der Waals surface area contributed by atoms with Crippen LogP contribution in [-0.4, -0.2) is 43.7 Å². The maximum Gasteiger partial charge on any atom is 0.123 e. The average Bonchev–Trinajstić information content (AvgIpc) is 3.12. The fourth-order valence-corrected chi connectivity index (χ4v) is 4.33. The molecule has 1 aliphatic heterocycles. The van der Waals surface area contributed by atoms with Crippen LogP contribution in [0.1, 0.15) is 37.0 Å². The fourth-order valence-electron chi connectivity index (χ4n) is 4.33. The van der Waals surface area contributed by atoms with E-state index in [9.17, 15) is 4.39 Å². The fraction of sp³-hybridized carbons (Fsp3) is 0.478. The van der Waals surface area contributed by atoms with E-state index in [-0.39, 0.29) is 11.9 Å². The molecule has 1 aliphatic carbocycles. The third kappa shape index (κ3) is 4.33. The van der Waals surface area contributed by atoms with Crippen molar-refractivity contribution in [2.24, 2.45) is 0 Å². The van der Waals surface area contributed by atoms with Crippen LogP contribution >= 0.6 is 0 Å². The van der Waals surface area contributed by atoms with Crippen molar-refractivity contribution in [3.8, 4) is 0 Å². The number of ether oxygens (including phenoxy) is 1. The molecule has 4 heteroatoms. The van der Waals surface area contributed by atoms with Crippen LogP contribution in [0, 0.1) is 5.82 Å². The first-order valence-electron chi connectivity index (χ1n) is 10.1. The molecule has 2 aliphatic rings. The summed E-state index contributed by atoms with van der Waals surface area (Å²) in [5.41, 5.74) is 3.96. The number of fused-ring (bicyclic) bond motifs is 1. The second-order valence-electron chi connectivity index (χ2n) is 7.73. The SMILES string of the molecule is CC(CCOC1CCc2ccccc21)N1CCN(c2ccc(F)cc2)CC1. The van der Waals surface area contributed by atoms with Crippen LogP contribution in [0.5, 0.6) is 0 Å². The third-order valence-electron chi connectivity index (χ3n) is 6.06. The molecule has 0 aromatic heterocycles. The number of benzene rings is 2. The van der Waals surface area contributed by atoms with E-state index in [4.69, 9.17) is 4.74 Å². The number of rotatable bonds is 6. The van der Waals surface area contributed by atoms with Crippen molar-refractivity contribution in [2.75, 3.05) is 37.7 Å². The van der Waals surface area contributed by atoms with Crippen LogP contribution in [0.25, 0.3) is 0 Å². The Morgan fingerprint density at radius 3 is 2.56 bits per heavy atom. The van der Waals surface area contributed by atoms with Crippen LogP contribution in [0.3, 0.4) is 0 Å². The van der Waals surface area contributed by atoms with Gasteiger partial charge in [-0.3, -0.25) is 4.90 Å². The zero-order valence-electron chi connectivity index (χ0n) is 16.1. The van der Waals surface area contributed by atoms with Crippen LogP contribution in [0.4, 0.5) is 10.1 Å². The Morgan fingerprint density at radius 1 is 1.04 bits per heavy atom. The van der Waals surface area contributed by atoms with Gasteiger partial charge in [-0.15, -0.1) is 0 Å². The Balaban J connectivity index is 1.21. The Bertz CT molecular complexity index is 740. The molecule has 2 atom stereocenters. The van der Waals surface area contributed by atoms with E-state index in [1.165, 1.54) is 11.1 Å². The van der Waals surface area contributed by atoms with Gasteiger partial charge in [-0.2, -0.15) is 0 Å². The van der Waals surface area contributed by atoms with Crippen molar-refractivity contribution in [1.29, 1.82) is 0 Å². The van der Waals surface area contributed by atoms with Gasteiger partial charge in [-0.25, -0.2) is 4.39 Å². The lowest BCUT2D eigenvalue weighted by molar-refractivity contribution is 0.0376. The van der Waals surface area contributed by atoms with Crippen molar-refractivity contribution in [3.63, 3.8) is 0 Å². The lowest BCUT2D eigenvalue weighted by atomic mass is 10.1. The average molecular weight is 368 g/mol. The quantitative estimate of drug-likeness (QED) is 0.750. The van der Waals surface area contributed by atoms with Crippen molar-refractivity contribution in [3.05, 3.63) is 65.5 Å². The second-order valence-corrected chi connectivity index (χ2v) is 7.73. The van der Waals surface area contributed by atoms with Crippen LogP contribution in [0.15, 0.2) is 48.5 Å². The topological polar surface area (TPSA) is 15.7 Å². The van der Waals surface area contributed by atoms with Gasteiger partial charge in [-0.1, -0.05) is 24.3 Å². The molecule has 2 unspecified atom stereocenters. The summed E-state index contributed by atoms with van der Waals surface area (Å²) in [5.74, 6) is -0.170. The first-order chi connectivity index (χ1) is 13.2. The molecule has 0 amide bonds. The molecule has 4 rings (SSSR count). The molecule has 144 valence electrons. The first kappa shape index (κ1) is 18.5. The Hall–Kier alpha value is -1.91. The zero-order chi connectivity index (χ0) is 18.6. The molecule has 0 bridgehead atoms. The van der Waals surface area contributed by atoms with E-state index in [1.54, 1.807) is 12.1 Å². The van der Waals surface area contributed by atoms with Gasteiger partial charge in [0.25, 0.3) is 0 Å². The lowest BCUT2D eigenvalue weighted by Gasteiger charge is -2.39. The predicted octanol–water partition coefficient (Wildman–Crippen LogP) is 4.43. The number of aryl methyl sites for hydroxylation is 1. The third-order valence-corrected chi connectivity index (χ3v) is 6.06. The molecule has 0 saturated carbocycles. The number of anilines is 1. The maximum atomic E-state index is 13.1. The molecule has 27 heavy (non-hydrogen) atoms. The van der Waals surface area contributed by atoms with Gasteiger partial charge in [0.15, 0.2) is 0 Å². The zero-order valence-corrected chi connectivity index (χ0v) is 16.1. The highest BCUT2D eigenvalue weighted by molar-refractivity contribution is 5.46. The standard InChI is InChI=1S/C23H29FN2O/c1-18(12-17-27-23-11-6-19-4-2-3-5-22(19)23)25-13-15-26(16-14-25)21-9-7-20(24)8-10-21/h2-5,7-10,18,23H,6,11-17H2,1H3. The van der Waals surface area contributed by atoms with E-state index in [2.05, 4.69) is 41.0 Å². The van der Waals surface area contributed by atoms with Crippen molar-refractivity contribution in [2.45, 2.75) is 38.3 Å².